The molecule has 2 aromatic carbocycles. The van der Waals surface area contributed by atoms with Crippen molar-refractivity contribution in [2.45, 2.75) is 64.3 Å². The molecular weight excluding hydrogens is 444 g/mol. The predicted octanol–water partition coefficient (Wildman–Crippen LogP) is 5.06. The van der Waals surface area contributed by atoms with Crippen LogP contribution in [0.2, 0.25) is 0 Å². The molecule has 182 valence electrons. The first-order valence-electron chi connectivity index (χ1n) is 12.2. The standard InChI is InChI=1S/C29H30O6/c1-21-13-16-29-27(17-21,25(31)33-19-22-9-4-2-5-10-22)14-8-15-28(29,18-24(30)35-29)26(32)34-20-23-11-6-3-7-12-23/h2-7,9-13H,8,14-20H2,1H3/t27?,28?,29-/m0/s1. The molecule has 1 spiro atoms. The molecule has 1 aliphatic heterocycles. The summed E-state index contributed by atoms with van der Waals surface area (Å²) in [7, 11) is 0. The molecule has 5 rings (SSSR count). The summed E-state index contributed by atoms with van der Waals surface area (Å²) in [6.45, 7) is 2.20. The van der Waals surface area contributed by atoms with Gasteiger partial charge >= 0.3 is 17.9 Å². The van der Waals surface area contributed by atoms with Gasteiger partial charge in [0.25, 0.3) is 0 Å². The van der Waals surface area contributed by atoms with E-state index in [4.69, 9.17) is 14.2 Å². The first kappa shape index (κ1) is 23.3. The Balaban J connectivity index is 1.49. The van der Waals surface area contributed by atoms with Gasteiger partial charge in [-0.15, -0.1) is 0 Å². The van der Waals surface area contributed by atoms with Gasteiger partial charge < -0.3 is 14.2 Å². The lowest BCUT2D eigenvalue weighted by Gasteiger charge is -2.57. The molecular formula is C29H30O6. The van der Waals surface area contributed by atoms with E-state index in [1.807, 2.05) is 73.7 Å². The molecule has 2 fully saturated rings. The van der Waals surface area contributed by atoms with Crippen LogP contribution in [0.25, 0.3) is 0 Å². The quantitative estimate of drug-likeness (QED) is 0.331. The van der Waals surface area contributed by atoms with Crippen molar-refractivity contribution in [2.24, 2.45) is 10.8 Å². The fourth-order valence-corrected chi connectivity index (χ4v) is 6.39. The van der Waals surface area contributed by atoms with Crippen molar-refractivity contribution in [3.63, 3.8) is 0 Å². The van der Waals surface area contributed by atoms with Gasteiger partial charge in [0.05, 0.1) is 6.42 Å². The van der Waals surface area contributed by atoms with Crippen molar-refractivity contribution in [3.05, 3.63) is 83.4 Å². The average molecular weight is 475 g/mol. The molecule has 2 unspecified atom stereocenters. The number of carbonyl (C=O) groups excluding carboxylic acids is 3. The van der Waals surface area contributed by atoms with Crippen LogP contribution >= 0.6 is 0 Å². The second-order valence-electron chi connectivity index (χ2n) is 10.1. The highest BCUT2D eigenvalue weighted by molar-refractivity contribution is 5.92. The van der Waals surface area contributed by atoms with Gasteiger partial charge in [-0.3, -0.25) is 14.4 Å². The van der Waals surface area contributed by atoms with Crippen molar-refractivity contribution < 1.29 is 28.6 Å². The van der Waals surface area contributed by atoms with Crippen molar-refractivity contribution in [3.8, 4) is 0 Å². The lowest BCUT2D eigenvalue weighted by atomic mass is 9.47. The Bertz CT molecular complexity index is 1160. The zero-order chi connectivity index (χ0) is 24.5. The minimum absolute atomic E-state index is 0.0821. The van der Waals surface area contributed by atoms with E-state index < -0.39 is 34.3 Å². The van der Waals surface area contributed by atoms with Crippen LogP contribution in [-0.4, -0.2) is 23.5 Å². The number of esters is 3. The van der Waals surface area contributed by atoms with Gasteiger partial charge in [-0.2, -0.15) is 0 Å². The average Bonchev–Trinajstić information content (AvgIpc) is 3.19. The van der Waals surface area contributed by atoms with E-state index in [0.29, 0.717) is 32.1 Å². The predicted molar refractivity (Wildman–Crippen MR) is 128 cm³/mol. The molecule has 0 aromatic heterocycles. The van der Waals surface area contributed by atoms with E-state index in [-0.39, 0.29) is 19.6 Å². The SMILES string of the molecule is CC1=CC[C@@]23OC(=O)CC2(C(=O)OCc2ccccc2)CCCC3(C(=O)OCc2ccccc2)C1. The topological polar surface area (TPSA) is 78.9 Å². The Morgan fingerprint density at radius 3 is 1.89 bits per heavy atom. The first-order chi connectivity index (χ1) is 16.9. The zero-order valence-corrected chi connectivity index (χ0v) is 20.0. The van der Waals surface area contributed by atoms with E-state index in [1.54, 1.807) is 0 Å². The molecule has 0 bridgehead atoms. The molecule has 1 heterocycles. The fourth-order valence-electron chi connectivity index (χ4n) is 6.39. The number of rotatable bonds is 6. The van der Waals surface area contributed by atoms with Crippen molar-refractivity contribution in [1.29, 1.82) is 0 Å². The largest absolute Gasteiger partial charge is 0.460 e. The Morgan fingerprint density at radius 1 is 0.829 bits per heavy atom. The number of hydrogen-bond donors (Lipinski definition) is 0. The molecule has 3 aliphatic rings. The summed E-state index contributed by atoms with van der Waals surface area (Å²) in [6, 6.07) is 18.9. The summed E-state index contributed by atoms with van der Waals surface area (Å²) in [6.07, 6.45) is 4.13. The lowest BCUT2D eigenvalue weighted by Crippen LogP contribution is -2.67. The summed E-state index contributed by atoms with van der Waals surface area (Å²) in [5.74, 6) is -1.35. The molecule has 3 atom stereocenters. The highest BCUT2D eigenvalue weighted by atomic mass is 16.6. The van der Waals surface area contributed by atoms with Gasteiger partial charge in [-0.25, -0.2) is 0 Å². The second kappa shape index (κ2) is 8.99. The summed E-state index contributed by atoms with van der Waals surface area (Å²) < 4.78 is 17.7. The molecule has 0 radical (unpaired) electrons. The molecule has 1 saturated carbocycles. The van der Waals surface area contributed by atoms with Crippen LogP contribution in [0, 0.1) is 10.8 Å². The third-order valence-electron chi connectivity index (χ3n) is 8.01. The first-order valence-corrected chi connectivity index (χ1v) is 12.2. The molecule has 2 aromatic rings. The van der Waals surface area contributed by atoms with Crippen LogP contribution in [0.5, 0.6) is 0 Å². The van der Waals surface area contributed by atoms with Crippen molar-refractivity contribution >= 4 is 17.9 Å². The van der Waals surface area contributed by atoms with Crippen molar-refractivity contribution in [2.75, 3.05) is 0 Å². The van der Waals surface area contributed by atoms with Gasteiger partial charge in [0.15, 0.2) is 0 Å². The summed E-state index contributed by atoms with van der Waals surface area (Å²) in [5, 5.41) is 0. The van der Waals surface area contributed by atoms with Crippen molar-refractivity contribution in [1.82, 2.24) is 0 Å². The summed E-state index contributed by atoms with van der Waals surface area (Å²) in [5.41, 5.74) is -0.890. The minimum Gasteiger partial charge on any atom is -0.460 e. The van der Waals surface area contributed by atoms with Gasteiger partial charge in [-0.1, -0.05) is 78.7 Å². The number of ether oxygens (including phenoxy) is 3. The minimum atomic E-state index is -1.31. The van der Waals surface area contributed by atoms with E-state index in [1.165, 1.54) is 0 Å². The van der Waals surface area contributed by atoms with Crippen LogP contribution in [-0.2, 0) is 41.8 Å². The smallest absolute Gasteiger partial charge is 0.317 e. The van der Waals surface area contributed by atoms with E-state index >= 15 is 0 Å². The van der Waals surface area contributed by atoms with Crippen LogP contribution in [0.1, 0.15) is 56.6 Å². The van der Waals surface area contributed by atoms with Gasteiger partial charge in [-0.05, 0) is 37.3 Å². The number of hydrogen-bond acceptors (Lipinski definition) is 6. The maximum absolute atomic E-state index is 13.9. The normalized spacial score (nSPS) is 29.3. The van der Waals surface area contributed by atoms with Gasteiger partial charge in [0, 0.05) is 6.42 Å². The van der Waals surface area contributed by atoms with Gasteiger partial charge in [0.2, 0.25) is 0 Å². The van der Waals surface area contributed by atoms with E-state index in [0.717, 1.165) is 16.7 Å². The maximum atomic E-state index is 13.9. The molecule has 0 N–H and O–H groups in total. The number of carbonyl (C=O) groups is 3. The molecule has 1 saturated heterocycles. The van der Waals surface area contributed by atoms with Gasteiger partial charge in [0.1, 0.15) is 29.6 Å². The Hall–Kier alpha value is -3.41. The molecule has 0 amide bonds. The number of benzene rings is 2. The second-order valence-corrected chi connectivity index (χ2v) is 10.1. The highest BCUT2D eigenvalue weighted by Crippen LogP contribution is 2.67. The summed E-state index contributed by atoms with van der Waals surface area (Å²) in [4.78, 5) is 40.5. The fraction of sp³-hybridized carbons (Fsp3) is 0.414. The zero-order valence-electron chi connectivity index (χ0n) is 20.0. The third kappa shape index (κ3) is 3.76. The maximum Gasteiger partial charge on any atom is 0.317 e. The lowest BCUT2D eigenvalue weighted by molar-refractivity contribution is -0.220. The third-order valence-corrected chi connectivity index (χ3v) is 8.01. The summed E-state index contributed by atoms with van der Waals surface area (Å²) >= 11 is 0. The Labute approximate surface area is 205 Å². The van der Waals surface area contributed by atoms with E-state index in [9.17, 15) is 14.4 Å². The Morgan fingerprint density at radius 2 is 1.34 bits per heavy atom. The highest BCUT2D eigenvalue weighted by Gasteiger charge is 2.77. The van der Waals surface area contributed by atoms with Crippen LogP contribution in [0.15, 0.2) is 72.3 Å². The molecule has 35 heavy (non-hydrogen) atoms. The number of allylic oxidation sites excluding steroid dienone is 1. The van der Waals surface area contributed by atoms with Crippen LogP contribution in [0.3, 0.4) is 0 Å². The molecule has 2 aliphatic carbocycles. The Kier molecular flexibility index (Phi) is 5.99. The molecule has 6 nitrogen and oxygen atoms in total. The van der Waals surface area contributed by atoms with Crippen LogP contribution in [0.4, 0.5) is 0 Å². The monoisotopic (exact) mass is 474 g/mol. The van der Waals surface area contributed by atoms with E-state index in [2.05, 4.69) is 0 Å². The van der Waals surface area contributed by atoms with Crippen LogP contribution < -0.4 is 0 Å². The molecule has 6 heteroatoms.